The predicted octanol–water partition coefficient (Wildman–Crippen LogP) is 2.56. The maximum absolute atomic E-state index is 12.1. The Labute approximate surface area is 108 Å². The van der Waals surface area contributed by atoms with Crippen molar-refractivity contribution in [3.05, 3.63) is 29.8 Å². The molecule has 0 bridgehead atoms. The van der Waals surface area contributed by atoms with E-state index in [4.69, 9.17) is 0 Å². The molecule has 2 amide bonds. The number of nitrogens with one attached hydrogen (secondary N) is 2. The van der Waals surface area contributed by atoms with E-state index in [0.29, 0.717) is 11.3 Å². The second-order valence-corrected chi connectivity index (χ2v) is 4.39. The predicted molar refractivity (Wildman–Crippen MR) is 72.6 cm³/mol. The fourth-order valence-corrected chi connectivity index (χ4v) is 1.79. The van der Waals surface area contributed by atoms with Crippen LogP contribution in [0, 0.1) is 0 Å². The first-order chi connectivity index (χ1) is 8.54. The summed E-state index contributed by atoms with van der Waals surface area (Å²) >= 11 is 0. The van der Waals surface area contributed by atoms with E-state index in [1.165, 1.54) is 6.92 Å². The van der Waals surface area contributed by atoms with Crippen LogP contribution in [0.25, 0.3) is 0 Å². The Balaban J connectivity index is 2.81. The van der Waals surface area contributed by atoms with Gasteiger partial charge in [-0.2, -0.15) is 0 Å². The van der Waals surface area contributed by atoms with Crippen molar-refractivity contribution in [1.82, 2.24) is 5.32 Å². The van der Waals surface area contributed by atoms with E-state index in [1.807, 2.05) is 6.92 Å². The van der Waals surface area contributed by atoms with Gasteiger partial charge in [-0.25, -0.2) is 0 Å². The molecule has 1 aromatic carbocycles. The van der Waals surface area contributed by atoms with E-state index in [-0.39, 0.29) is 17.9 Å². The van der Waals surface area contributed by atoms with Gasteiger partial charge in [-0.15, -0.1) is 0 Å². The van der Waals surface area contributed by atoms with Crippen LogP contribution in [-0.2, 0) is 4.79 Å². The summed E-state index contributed by atoms with van der Waals surface area (Å²) in [6.07, 6.45) is 1.96. The molecule has 0 aromatic heterocycles. The third-order valence-electron chi connectivity index (χ3n) is 2.58. The van der Waals surface area contributed by atoms with Crippen LogP contribution < -0.4 is 10.6 Å². The summed E-state index contributed by atoms with van der Waals surface area (Å²) in [5, 5.41) is 5.58. The van der Waals surface area contributed by atoms with Crippen LogP contribution in [0.15, 0.2) is 24.3 Å². The molecule has 4 heteroatoms. The summed E-state index contributed by atoms with van der Waals surface area (Å²) in [6, 6.07) is 7.13. The summed E-state index contributed by atoms with van der Waals surface area (Å²) in [5.41, 5.74) is 1.04. The Kier molecular flexibility index (Phi) is 5.36. The molecule has 0 aliphatic heterocycles. The normalized spacial score (nSPS) is 11.7. The minimum atomic E-state index is -0.183. The largest absolute Gasteiger partial charge is 0.350 e. The zero-order valence-corrected chi connectivity index (χ0v) is 11.1. The van der Waals surface area contributed by atoms with Crippen LogP contribution in [0.1, 0.15) is 44.0 Å². The summed E-state index contributed by atoms with van der Waals surface area (Å²) in [4.78, 5) is 23.1. The van der Waals surface area contributed by atoms with E-state index in [1.54, 1.807) is 24.3 Å². The second-order valence-electron chi connectivity index (χ2n) is 4.39. The summed E-state index contributed by atoms with van der Waals surface area (Å²) in [5.74, 6) is -0.336. The fraction of sp³-hybridized carbons (Fsp3) is 0.429. The maximum atomic E-state index is 12.1. The van der Waals surface area contributed by atoms with Crippen molar-refractivity contribution in [1.29, 1.82) is 0 Å². The number of benzene rings is 1. The van der Waals surface area contributed by atoms with Gasteiger partial charge in [0.15, 0.2) is 0 Å². The molecule has 4 nitrogen and oxygen atoms in total. The van der Waals surface area contributed by atoms with Gasteiger partial charge in [-0.1, -0.05) is 25.5 Å². The molecule has 0 aliphatic carbocycles. The average Bonchev–Trinajstić information content (AvgIpc) is 2.28. The fourth-order valence-electron chi connectivity index (χ4n) is 1.79. The number of hydrogen-bond donors (Lipinski definition) is 2. The molecule has 0 heterocycles. The second kappa shape index (κ2) is 6.79. The molecule has 1 aromatic rings. The molecule has 0 saturated heterocycles. The van der Waals surface area contributed by atoms with E-state index in [0.717, 1.165) is 12.8 Å². The molecule has 1 unspecified atom stereocenters. The van der Waals surface area contributed by atoms with Crippen LogP contribution in [0.2, 0.25) is 0 Å². The molecule has 0 aliphatic rings. The van der Waals surface area contributed by atoms with Crippen molar-refractivity contribution in [2.45, 2.75) is 39.7 Å². The number of hydrogen-bond acceptors (Lipinski definition) is 2. The lowest BCUT2D eigenvalue weighted by atomic mass is 10.1. The third-order valence-corrected chi connectivity index (χ3v) is 2.58. The van der Waals surface area contributed by atoms with Crippen LogP contribution in [0.4, 0.5) is 5.69 Å². The van der Waals surface area contributed by atoms with E-state index in [2.05, 4.69) is 17.6 Å². The lowest BCUT2D eigenvalue weighted by molar-refractivity contribution is -0.114. The number of anilines is 1. The van der Waals surface area contributed by atoms with Crippen LogP contribution in [0.5, 0.6) is 0 Å². The van der Waals surface area contributed by atoms with Crippen LogP contribution in [-0.4, -0.2) is 17.9 Å². The van der Waals surface area contributed by atoms with Gasteiger partial charge in [0, 0.05) is 13.0 Å². The number of carbonyl (C=O) groups is 2. The number of amides is 2. The quantitative estimate of drug-likeness (QED) is 0.841. The van der Waals surface area contributed by atoms with Crippen molar-refractivity contribution in [3.63, 3.8) is 0 Å². The Morgan fingerprint density at radius 3 is 2.56 bits per heavy atom. The first kappa shape index (κ1) is 14.2. The highest BCUT2D eigenvalue weighted by atomic mass is 16.2. The standard InChI is InChI=1S/C14H20N2O2/c1-4-7-10(2)15-14(18)12-8-5-6-9-13(12)16-11(3)17/h5-6,8-10H,4,7H2,1-3H3,(H,15,18)(H,16,17). The molecule has 0 fully saturated rings. The zero-order chi connectivity index (χ0) is 13.5. The number of rotatable bonds is 5. The number of carbonyl (C=O) groups excluding carboxylic acids is 2. The van der Waals surface area contributed by atoms with E-state index >= 15 is 0 Å². The van der Waals surface area contributed by atoms with Gasteiger partial charge in [-0.05, 0) is 25.5 Å². The molecule has 98 valence electrons. The molecule has 1 rings (SSSR count). The van der Waals surface area contributed by atoms with E-state index in [9.17, 15) is 9.59 Å². The molecule has 1 atom stereocenters. The zero-order valence-electron chi connectivity index (χ0n) is 11.1. The van der Waals surface area contributed by atoms with Gasteiger partial charge in [0.2, 0.25) is 5.91 Å². The van der Waals surface area contributed by atoms with Crippen molar-refractivity contribution in [3.8, 4) is 0 Å². The summed E-state index contributed by atoms with van der Waals surface area (Å²) in [7, 11) is 0. The molecule has 18 heavy (non-hydrogen) atoms. The van der Waals surface area contributed by atoms with Crippen molar-refractivity contribution in [2.75, 3.05) is 5.32 Å². The summed E-state index contributed by atoms with van der Waals surface area (Å²) < 4.78 is 0. The van der Waals surface area contributed by atoms with Gasteiger partial charge in [0.1, 0.15) is 0 Å². The molecule has 2 N–H and O–H groups in total. The van der Waals surface area contributed by atoms with Gasteiger partial charge >= 0.3 is 0 Å². The Bertz CT molecular complexity index is 430. The lowest BCUT2D eigenvalue weighted by Crippen LogP contribution is -2.33. The van der Waals surface area contributed by atoms with Crippen molar-refractivity contribution < 1.29 is 9.59 Å². The Morgan fingerprint density at radius 1 is 1.28 bits per heavy atom. The smallest absolute Gasteiger partial charge is 0.253 e. The van der Waals surface area contributed by atoms with Gasteiger partial charge in [0.25, 0.3) is 5.91 Å². The molecule has 0 saturated carbocycles. The summed E-state index contributed by atoms with van der Waals surface area (Å²) in [6.45, 7) is 5.48. The maximum Gasteiger partial charge on any atom is 0.253 e. The minimum Gasteiger partial charge on any atom is -0.350 e. The first-order valence-electron chi connectivity index (χ1n) is 6.22. The monoisotopic (exact) mass is 248 g/mol. The van der Waals surface area contributed by atoms with Crippen molar-refractivity contribution >= 4 is 17.5 Å². The minimum absolute atomic E-state index is 0.132. The highest BCUT2D eigenvalue weighted by Crippen LogP contribution is 2.15. The number of para-hydroxylation sites is 1. The topological polar surface area (TPSA) is 58.2 Å². The van der Waals surface area contributed by atoms with Gasteiger partial charge in [-0.3, -0.25) is 9.59 Å². The van der Waals surface area contributed by atoms with Gasteiger partial charge < -0.3 is 10.6 Å². The van der Waals surface area contributed by atoms with E-state index < -0.39 is 0 Å². The first-order valence-corrected chi connectivity index (χ1v) is 6.22. The Hall–Kier alpha value is -1.84. The molecular formula is C14H20N2O2. The van der Waals surface area contributed by atoms with Crippen LogP contribution >= 0.6 is 0 Å². The molecule has 0 radical (unpaired) electrons. The SMILES string of the molecule is CCCC(C)NC(=O)c1ccccc1NC(C)=O. The highest BCUT2D eigenvalue weighted by molar-refractivity contribution is 6.03. The van der Waals surface area contributed by atoms with Crippen LogP contribution in [0.3, 0.4) is 0 Å². The lowest BCUT2D eigenvalue weighted by Gasteiger charge is -2.15. The molecule has 0 spiro atoms. The van der Waals surface area contributed by atoms with Gasteiger partial charge in [0.05, 0.1) is 11.3 Å². The van der Waals surface area contributed by atoms with Crippen molar-refractivity contribution in [2.24, 2.45) is 0 Å². The highest BCUT2D eigenvalue weighted by Gasteiger charge is 2.13. The Morgan fingerprint density at radius 2 is 1.94 bits per heavy atom. The average molecular weight is 248 g/mol. The third kappa shape index (κ3) is 4.20. The molecular weight excluding hydrogens is 228 g/mol.